The number of hydrogen-bond donors (Lipinski definition) is 2. The molecule has 0 unspecified atom stereocenters. The van der Waals surface area contributed by atoms with Gasteiger partial charge in [0.2, 0.25) is 0 Å². The third kappa shape index (κ3) is 1.86. The van der Waals surface area contributed by atoms with Gasteiger partial charge < -0.3 is 10.6 Å². The van der Waals surface area contributed by atoms with Gasteiger partial charge in [0.15, 0.2) is 5.82 Å². The first-order chi connectivity index (χ1) is 6.25. The van der Waals surface area contributed by atoms with Gasteiger partial charge in [-0.2, -0.15) is 0 Å². The predicted octanol–water partition coefficient (Wildman–Crippen LogP) is 2.35. The van der Waals surface area contributed by atoms with Gasteiger partial charge in [-0.15, -0.1) is 0 Å². The van der Waals surface area contributed by atoms with Gasteiger partial charge >= 0.3 is 0 Å². The van der Waals surface area contributed by atoms with Crippen LogP contribution in [0.15, 0.2) is 12.1 Å². The Kier molecular flexibility index (Phi) is 2.27. The van der Waals surface area contributed by atoms with Crippen LogP contribution >= 0.6 is 11.6 Å². The van der Waals surface area contributed by atoms with Gasteiger partial charge in [-0.1, -0.05) is 11.6 Å². The number of anilines is 2. The minimum atomic E-state index is 0.444. The summed E-state index contributed by atoms with van der Waals surface area (Å²) in [6.45, 7) is 3.11. The van der Waals surface area contributed by atoms with Crippen LogP contribution in [0.25, 0.3) is 0 Å². The van der Waals surface area contributed by atoms with Crippen molar-refractivity contribution in [3.63, 3.8) is 0 Å². The maximum atomic E-state index is 5.80. The molecule has 0 radical (unpaired) electrons. The molecule has 70 valence electrons. The Morgan fingerprint density at radius 2 is 2.38 bits per heavy atom. The highest BCUT2D eigenvalue weighted by Gasteiger charge is 2.12. The van der Waals surface area contributed by atoms with Crippen molar-refractivity contribution in [3.05, 3.63) is 17.3 Å². The second-order valence-electron chi connectivity index (χ2n) is 3.29. The Hall–Kier alpha value is -0.960. The Labute approximate surface area is 82.5 Å². The molecule has 0 fully saturated rings. The van der Waals surface area contributed by atoms with Crippen molar-refractivity contribution >= 4 is 23.1 Å². The first kappa shape index (κ1) is 8.63. The molecule has 13 heavy (non-hydrogen) atoms. The number of rotatable bonds is 0. The fraction of sp³-hybridized carbons (Fsp3) is 0.444. The molecule has 0 amide bonds. The summed E-state index contributed by atoms with van der Waals surface area (Å²) in [4.78, 5) is 4.22. The molecule has 3 nitrogen and oxygen atoms in total. The lowest BCUT2D eigenvalue weighted by atomic mass is 10.2. The maximum absolute atomic E-state index is 5.80. The molecule has 2 heterocycles. The Morgan fingerprint density at radius 1 is 1.54 bits per heavy atom. The number of hydrogen-bond acceptors (Lipinski definition) is 3. The number of aromatic nitrogens is 1. The predicted molar refractivity (Wildman–Crippen MR) is 55.4 cm³/mol. The molecule has 0 aliphatic carbocycles. The van der Waals surface area contributed by atoms with Crippen molar-refractivity contribution in [1.82, 2.24) is 4.98 Å². The normalized spacial score (nSPS) is 20.9. The van der Waals surface area contributed by atoms with Gasteiger partial charge in [0.05, 0.1) is 5.69 Å². The van der Waals surface area contributed by atoms with Crippen LogP contribution in [0.1, 0.15) is 13.3 Å². The lowest BCUT2D eigenvalue weighted by molar-refractivity contribution is 0.743. The summed E-state index contributed by atoms with van der Waals surface area (Å²) in [7, 11) is 0. The molecule has 2 rings (SSSR count). The topological polar surface area (TPSA) is 37.0 Å². The lowest BCUT2D eigenvalue weighted by Gasteiger charge is -2.10. The van der Waals surface area contributed by atoms with Gasteiger partial charge in [0.25, 0.3) is 0 Å². The van der Waals surface area contributed by atoms with Crippen LogP contribution < -0.4 is 10.6 Å². The van der Waals surface area contributed by atoms with E-state index >= 15 is 0 Å². The van der Waals surface area contributed by atoms with Crippen LogP contribution in [0.4, 0.5) is 11.5 Å². The van der Waals surface area contributed by atoms with E-state index in [1.807, 2.05) is 6.07 Å². The average Bonchev–Trinajstić information content (AvgIpc) is 2.25. The van der Waals surface area contributed by atoms with Crippen molar-refractivity contribution in [1.29, 1.82) is 0 Å². The maximum Gasteiger partial charge on any atom is 0.151 e. The number of nitrogens with one attached hydrogen (secondary N) is 2. The highest BCUT2D eigenvalue weighted by molar-refractivity contribution is 6.29. The molecule has 2 N–H and O–H groups in total. The van der Waals surface area contributed by atoms with Crippen molar-refractivity contribution in [3.8, 4) is 0 Å². The second-order valence-corrected chi connectivity index (χ2v) is 3.68. The van der Waals surface area contributed by atoms with E-state index in [1.165, 1.54) is 0 Å². The third-order valence-electron chi connectivity index (χ3n) is 2.14. The lowest BCUT2D eigenvalue weighted by Crippen LogP contribution is -2.15. The number of nitrogens with zero attached hydrogens (tertiary/aromatic N) is 1. The molecular formula is C9H12ClN3. The summed E-state index contributed by atoms with van der Waals surface area (Å²) in [6, 6.07) is 4.19. The molecule has 0 spiro atoms. The van der Waals surface area contributed by atoms with E-state index in [0.29, 0.717) is 11.2 Å². The molecule has 4 heteroatoms. The molecule has 1 aliphatic heterocycles. The Morgan fingerprint density at radius 3 is 3.23 bits per heavy atom. The van der Waals surface area contributed by atoms with Crippen LogP contribution in [-0.4, -0.2) is 17.6 Å². The Balaban J connectivity index is 2.35. The first-order valence-corrected chi connectivity index (χ1v) is 4.80. The average molecular weight is 198 g/mol. The van der Waals surface area contributed by atoms with E-state index in [0.717, 1.165) is 24.5 Å². The number of fused-ring (bicyclic) bond motifs is 1. The summed E-state index contributed by atoms with van der Waals surface area (Å²) in [6.07, 6.45) is 1.09. The SMILES string of the molecule is C[C@H]1CCNc2ccc(Cl)nc2N1. The zero-order chi connectivity index (χ0) is 9.26. The second kappa shape index (κ2) is 3.42. The smallest absolute Gasteiger partial charge is 0.151 e. The van der Waals surface area contributed by atoms with Crippen molar-refractivity contribution in [2.45, 2.75) is 19.4 Å². The standard InChI is InChI=1S/C9H12ClN3/c1-6-4-5-11-7-2-3-8(10)13-9(7)12-6/h2-3,6,11H,4-5H2,1H3,(H,12,13)/t6-/m0/s1. The van der Waals surface area contributed by atoms with Gasteiger partial charge in [-0.25, -0.2) is 4.98 Å². The molecule has 0 saturated heterocycles. The van der Waals surface area contributed by atoms with Crippen LogP contribution in [-0.2, 0) is 0 Å². The van der Waals surface area contributed by atoms with Crippen LogP contribution in [0.5, 0.6) is 0 Å². The Bertz CT molecular complexity index is 314. The van der Waals surface area contributed by atoms with Crippen molar-refractivity contribution in [2.75, 3.05) is 17.2 Å². The molecule has 0 saturated carbocycles. The van der Waals surface area contributed by atoms with E-state index in [-0.39, 0.29) is 0 Å². The fourth-order valence-electron chi connectivity index (χ4n) is 1.42. The van der Waals surface area contributed by atoms with E-state index in [9.17, 15) is 0 Å². The van der Waals surface area contributed by atoms with Gasteiger partial charge in [0, 0.05) is 12.6 Å². The number of pyridine rings is 1. The molecule has 1 aromatic rings. The highest BCUT2D eigenvalue weighted by Crippen LogP contribution is 2.24. The van der Waals surface area contributed by atoms with E-state index in [4.69, 9.17) is 11.6 Å². The van der Waals surface area contributed by atoms with E-state index in [2.05, 4.69) is 22.5 Å². The van der Waals surface area contributed by atoms with Crippen LogP contribution in [0.2, 0.25) is 5.15 Å². The zero-order valence-corrected chi connectivity index (χ0v) is 8.23. The quantitative estimate of drug-likeness (QED) is 0.627. The van der Waals surface area contributed by atoms with Crippen LogP contribution in [0.3, 0.4) is 0 Å². The van der Waals surface area contributed by atoms with Crippen molar-refractivity contribution in [2.24, 2.45) is 0 Å². The molecule has 1 aromatic heterocycles. The zero-order valence-electron chi connectivity index (χ0n) is 7.47. The van der Waals surface area contributed by atoms with Gasteiger partial charge in [-0.05, 0) is 25.5 Å². The van der Waals surface area contributed by atoms with Crippen molar-refractivity contribution < 1.29 is 0 Å². The summed E-state index contributed by atoms with van der Waals surface area (Å²) < 4.78 is 0. The summed E-state index contributed by atoms with van der Waals surface area (Å²) in [5.41, 5.74) is 1.04. The fourth-order valence-corrected chi connectivity index (χ4v) is 1.56. The molecular weight excluding hydrogens is 186 g/mol. The highest BCUT2D eigenvalue weighted by atomic mass is 35.5. The van der Waals surface area contributed by atoms with Gasteiger partial charge in [-0.3, -0.25) is 0 Å². The number of halogens is 1. The minimum absolute atomic E-state index is 0.444. The van der Waals surface area contributed by atoms with E-state index < -0.39 is 0 Å². The molecule has 1 atom stereocenters. The molecule has 1 aliphatic rings. The molecule has 0 bridgehead atoms. The first-order valence-electron chi connectivity index (χ1n) is 4.42. The summed E-state index contributed by atoms with van der Waals surface area (Å²) in [5.74, 6) is 0.859. The summed E-state index contributed by atoms with van der Waals surface area (Å²) >= 11 is 5.80. The minimum Gasteiger partial charge on any atom is -0.382 e. The van der Waals surface area contributed by atoms with Gasteiger partial charge in [0.1, 0.15) is 5.15 Å². The monoisotopic (exact) mass is 197 g/mol. The van der Waals surface area contributed by atoms with E-state index in [1.54, 1.807) is 6.07 Å². The largest absolute Gasteiger partial charge is 0.382 e. The third-order valence-corrected chi connectivity index (χ3v) is 2.35. The summed E-state index contributed by atoms with van der Waals surface area (Å²) in [5, 5.41) is 7.13. The molecule has 0 aromatic carbocycles. The van der Waals surface area contributed by atoms with Crippen LogP contribution in [0, 0.1) is 0 Å².